The van der Waals surface area contributed by atoms with Crippen LogP contribution in [0.1, 0.15) is 52.4 Å². The molecule has 0 N–H and O–H groups in total. The highest BCUT2D eigenvalue weighted by atomic mass is 16.6. The van der Waals surface area contributed by atoms with Gasteiger partial charge in [0.15, 0.2) is 0 Å². The highest BCUT2D eigenvalue weighted by Gasteiger charge is 2.56. The summed E-state index contributed by atoms with van der Waals surface area (Å²) in [5, 5.41) is 0. The molecule has 2 aliphatic heterocycles. The first kappa shape index (κ1) is 18.0. The fourth-order valence-corrected chi connectivity index (χ4v) is 4.37. The van der Waals surface area contributed by atoms with E-state index in [0.717, 1.165) is 50.7 Å². The van der Waals surface area contributed by atoms with Crippen molar-refractivity contribution in [2.75, 3.05) is 13.2 Å². The Morgan fingerprint density at radius 2 is 1.31 bits per heavy atom. The first-order chi connectivity index (χ1) is 12.4. The normalized spacial score (nSPS) is 43.3. The van der Waals surface area contributed by atoms with Crippen LogP contribution in [0.15, 0.2) is 12.2 Å². The van der Waals surface area contributed by atoms with Gasteiger partial charge in [0.2, 0.25) is 0 Å². The maximum absolute atomic E-state index is 11.8. The van der Waals surface area contributed by atoms with Crippen molar-refractivity contribution in [1.82, 2.24) is 0 Å². The summed E-state index contributed by atoms with van der Waals surface area (Å²) in [5.41, 5.74) is 0.152. The molecular weight excluding hydrogens is 336 g/mol. The highest BCUT2D eigenvalue weighted by molar-refractivity contribution is 5.91. The standard InChI is InChI=1S/C20H28O6/c1-19-7-5-13(9-15(19)25-19)11-23-17(21)3-4-18(22)24-12-14-6-8-20(2)16(10-14)26-20/h3-4,13-16H,5-12H2,1-2H3/b4-3-. The van der Waals surface area contributed by atoms with Crippen LogP contribution in [0.4, 0.5) is 0 Å². The minimum Gasteiger partial charge on any atom is -0.462 e. The van der Waals surface area contributed by atoms with Crippen LogP contribution in [0.2, 0.25) is 0 Å². The number of carbonyl (C=O) groups excluding carboxylic acids is 2. The van der Waals surface area contributed by atoms with Gasteiger partial charge in [0, 0.05) is 12.2 Å². The molecule has 2 heterocycles. The Morgan fingerprint density at radius 1 is 0.885 bits per heavy atom. The topological polar surface area (TPSA) is 77.7 Å². The van der Waals surface area contributed by atoms with Gasteiger partial charge in [0.25, 0.3) is 0 Å². The van der Waals surface area contributed by atoms with Crippen LogP contribution in [-0.4, -0.2) is 48.6 Å². The molecule has 2 saturated heterocycles. The van der Waals surface area contributed by atoms with E-state index >= 15 is 0 Å². The second kappa shape index (κ2) is 6.64. The summed E-state index contributed by atoms with van der Waals surface area (Å²) in [5.74, 6) is -0.290. The zero-order chi connectivity index (χ0) is 18.4. The minimum absolute atomic E-state index is 0.0761. The number of epoxide rings is 2. The molecule has 144 valence electrons. The van der Waals surface area contributed by atoms with Crippen molar-refractivity contribution < 1.29 is 28.5 Å². The summed E-state index contributed by atoms with van der Waals surface area (Å²) < 4.78 is 21.8. The summed E-state index contributed by atoms with van der Waals surface area (Å²) in [6.45, 7) is 5.04. The molecule has 6 unspecified atom stereocenters. The SMILES string of the molecule is CC12CCC(COC(=O)/C=C\C(=O)OCC3CCC4(C)OC4C3)CC1O2. The summed E-state index contributed by atoms with van der Waals surface area (Å²) in [7, 11) is 0. The van der Waals surface area contributed by atoms with Crippen LogP contribution < -0.4 is 0 Å². The molecule has 2 aliphatic carbocycles. The second-order valence-electron chi connectivity index (χ2n) is 8.71. The molecule has 0 bridgehead atoms. The predicted octanol–water partition coefficient (Wildman–Crippen LogP) is 2.54. The lowest BCUT2D eigenvalue weighted by molar-refractivity contribution is -0.142. The Balaban J connectivity index is 1.10. The number of fused-ring (bicyclic) bond motifs is 2. The van der Waals surface area contributed by atoms with Crippen molar-refractivity contribution in [3.05, 3.63) is 12.2 Å². The smallest absolute Gasteiger partial charge is 0.331 e. The van der Waals surface area contributed by atoms with E-state index in [4.69, 9.17) is 18.9 Å². The molecule has 6 nitrogen and oxygen atoms in total. The van der Waals surface area contributed by atoms with Crippen molar-refractivity contribution in [3.63, 3.8) is 0 Å². The van der Waals surface area contributed by atoms with Gasteiger partial charge in [0.05, 0.1) is 36.6 Å². The Kier molecular flexibility index (Phi) is 4.59. The average molecular weight is 364 g/mol. The zero-order valence-electron chi connectivity index (χ0n) is 15.6. The van der Waals surface area contributed by atoms with E-state index in [2.05, 4.69) is 13.8 Å². The zero-order valence-corrected chi connectivity index (χ0v) is 15.6. The molecule has 0 spiro atoms. The monoisotopic (exact) mass is 364 g/mol. The quantitative estimate of drug-likeness (QED) is 0.409. The molecule has 26 heavy (non-hydrogen) atoms. The Bertz CT molecular complexity index is 563. The van der Waals surface area contributed by atoms with Crippen molar-refractivity contribution in [2.24, 2.45) is 11.8 Å². The van der Waals surface area contributed by atoms with Crippen LogP contribution in [-0.2, 0) is 28.5 Å². The lowest BCUT2D eigenvalue weighted by Gasteiger charge is -2.21. The molecule has 4 rings (SSSR count). The van der Waals surface area contributed by atoms with Gasteiger partial charge in [-0.05, 0) is 64.2 Å². The number of ether oxygens (including phenoxy) is 4. The number of hydrogen-bond acceptors (Lipinski definition) is 6. The molecular formula is C20H28O6. The van der Waals surface area contributed by atoms with Crippen LogP contribution >= 0.6 is 0 Å². The lowest BCUT2D eigenvalue weighted by Crippen LogP contribution is -2.25. The third-order valence-corrected chi connectivity index (χ3v) is 6.54. The minimum atomic E-state index is -0.494. The molecule has 4 fully saturated rings. The number of rotatable bonds is 6. The van der Waals surface area contributed by atoms with Crippen LogP contribution in [0.3, 0.4) is 0 Å². The fraction of sp³-hybridized carbons (Fsp3) is 0.800. The first-order valence-electron chi connectivity index (χ1n) is 9.73. The van der Waals surface area contributed by atoms with Gasteiger partial charge in [-0.1, -0.05) is 0 Å². The van der Waals surface area contributed by atoms with Crippen LogP contribution in [0.5, 0.6) is 0 Å². The van der Waals surface area contributed by atoms with Gasteiger partial charge in [-0.2, -0.15) is 0 Å². The second-order valence-corrected chi connectivity index (χ2v) is 8.71. The maximum Gasteiger partial charge on any atom is 0.331 e. The summed E-state index contributed by atoms with van der Waals surface area (Å²) >= 11 is 0. The summed E-state index contributed by atoms with van der Waals surface area (Å²) in [6.07, 6.45) is 8.92. The van der Waals surface area contributed by atoms with E-state index in [9.17, 15) is 9.59 Å². The van der Waals surface area contributed by atoms with E-state index in [1.165, 1.54) is 0 Å². The van der Waals surface area contributed by atoms with Crippen LogP contribution in [0.25, 0.3) is 0 Å². The van der Waals surface area contributed by atoms with Gasteiger partial charge in [-0.25, -0.2) is 9.59 Å². The van der Waals surface area contributed by atoms with E-state index in [0.29, 0.717) is 37.3 Å². The van der Waals surface area contributed by atoms with Gasteiger partial charge in [-0.3, -0.25) is 0 Å². The summed E-state index contributed by atoms with van der Waals surface area (Å²) in [6, 6.07) is 0. The molecule has 4 aliphatic rings. The Labute approximate surface area is 154 Å². The molecule has 0 radical (unpaired) electrons. The molecule has 6 heteroatoms. The van der Waals surface area contributed by atoms with E-state index < -0.39 is 11.9 Å². The Morgan fingerprint density at radius 3 is 1.69 bits per heavy atom. The highest BCUT2D eigenvalue weighted by Crippen LogP contribution is 2.50. The van der Waals surface area contributed by atoms with E-state index in [1.54, 1.807) is 0 Å². The summed E-state index contributed by atoms with van der Waals surface area (Å²) in [4.78, 5) is 23.5. The van der Waals surface area contributed by atoms with Gasteiger partial charge >= 0.3 is 11.9 Å². The third-order valence-electron chi connectivity index (χ3n) is 6.54. The molecule has 0 aromatic heterocycles. The largest absolute Gasteiger partial charge is 0.462 e. The van der Waals surface area contributed by atoms with Crippen LogP contribution in [0, 0.1) is 11.8 Å². The molecule has 0 amide bonds. The van der Waals surface area contributed by atoms with Gasteiger partial charge in [0.1, 0.15) is 0 Å². The number of hydrogen-bond donors (Lipinski definition) is 0. The number of esters is 2. The lowest BCUT2D eigenvalue weighted by atomic mass is 9.83. The van der Waals surface area contributed by atoms with Gasteiger partial charge < -0.3 is 18.9 Å². The van der Waals surface area contributed by atoms with E-state index in [1.807, 2.05) is 0 Å². The molecule has 2 saturated carbocycles. The predicted molar refractivity (Wildman–Crippen MR) is 92.3 cm³/mol. The average Bonchev–Trinajstić information content (AvgIpc) is 3.48. The van der Waals surface area contributed by atoms with Gasteiger partial charge in [-0.15, -0.1) is 0 Å². The van der Waals surface area contributed by atoms with E-state index in [-0.39, 0.29) is 11.2 Å². The van der Waals surface area contributed by atoms with Crippen molar-refractivity contribution in [1.29, 1.82) is 0 Å². The molecule has 6 atom stereocenters. The molecule has 0 aromatic rings. The number of carbonyl (C=O) groups is 2. The Hall–Kier alpha value is -1.40. The maximum atomic E-state index is 11.8. The van der Waals surface area contributed by atoms with Crippen molar-refractivity contribution in [2.45, 2.75) is 75.8 Å². The molecule has 0 aromatic carbocycles. The first-order valence-corrected chi connectivity index (χ1v) is 9.73. The van der Waals surface area contributed by atoms with Crippen molar-refractivity contribution >= 4 is 11.9 Å². The fourth-order valence-electron chi connectivity index (χ4n) is 4.37. The third kappa shape index (κ3) is 3.96. The van der Waals surface area contributed by atoms with Crippen molar-refractivity contribution in [3.8, 4) is 0 Å².